The van der Waals surface area contributed by atoms with Gasteiger partial charge in [-0.2, -0.15) is 0 Å². The summed E-state index contributed by atoms with van der Waals surface area (Å²) in [6.45, 7) is 4.27. The Morgan fingerprint density at radius 2 is 1.41 bits per heavy atom. The summed E-state index contributed by atoms with van der Waals surface area (Å²) in [6, 6.07) is 19.1. The molecule has 0 heterocycles. The molecule has 0 aliphatic carbocycles. The maximum absolute atomic E-state index is 2.19. The summed E-state index contributed by atoms with van der Waals surface area (Å²) in [7, 11) is 0. The van der Waals surface area contributed by atoms with Crippen molar-refractivity contribution in [1.82, 2.24) is 0 Å². The van der Waals surface area contributed by atoms with Gasteiger partial charge in [0.1, 0.15) is 0 Å². The van der Waals surface area contributed by atoms with Crippen molar-refractivity contribution < 1.29 is 0 Å². The van der Waals surface area contributed by atoms with Gasteiger partial charge in [0.15, 0.2) is 0 Å². The van der Waals surface area contributed by atoms with Gasteiger partial charge in [-0.25, -0.2) is 0 Å². The normalized spacial score (nSPS) is 9.29. The molecule has 0 fully saturated rings. The Morgan fingerprint density at radius 1 is 0.824 bits per heavy atom. The van der Waals surface area contributed by atoms with Crippen LogP contribution in [0.1, 0.15) is 26.8 Å². The second-order valence-corrected chi connectivity index (χ2v) is 4.18. The molecule has 0 bridgehead atoms. The van der Waals surface area contributed by atoms with Gasteiger partial charge in [0.2, 0.25) is 0 Å². The summed E-state index contributed by atoms with van der Waals surface area (Å²) in [6.07, 6.45) is 2.19. The van der Waals surface area contributed by atoms with Crippen molar-refractivity contribution in [2.45, 2.75) is 21.3 Å². The van der Waals surface area contributed by atoms with Gasteiger partial charge in [-0.1, -0.05) is 67.6 Å². The van der Waals surface area contributed by atoms with Crippen molar-refractivity contribution in [1.29, 1.82) is 0 Å². The third-order valence-electron chi connectivity index (χ3n) is 2.62. The van der Waals surface area contributed by atoms with Gasteiger partial charge in [-0.05, 0) is 35.9 Å². The standard InChI is InChI=1S/C16H16.CH4/c1-13(2)16-10-8-15(9-11-16)12-14-6-4-3-5-7-14;/h3-12H,1-2H3;1H4. The lowest BCUT2D eigenvalue weighted by Crippen LogP contribution is -2.08. The van der Waals surface area contributed by atoms with Crippen molar-refractivity contribution >= 4 is 11.6 Å². The smallest absolute Gasteiger partial charge is 0.0250 e. The summed E-state index contributed by atoms with van der Waals surface area (Å²) in [5.74, 6) is 0. The van der Waals surface area contributed by atoms with Crippen LogP contribution in [0.25, 0.3) is 11.6 Å². The molecule has 0 saturated heterocycles. The van der Waals surface area contributed by atoms with Crippen molar-refractivity contribution in [3.63, 3.8) is 0 Å². The third-order valence-corrected chi connectivity index (χ3v) is 2.62. The average molecular weight is 224 g/mol. The van der Waals surface area contributed by atoms with Crippen molar-refractivity contribution in [2.75, 3.05) is 0 Å². The zero-order valence-corrected chi connectivity index (χ0v) is 9.77. The van der Waals surface area contributed by atoms with E-state index in [1.165, 1.54) is 21.6 Å². The summed E-state index contributed by atoms with van der Waals surface area (Å²) in [4.78, 5) is 0. The van der Waals surface area contributed by atoms with Crippen LogP contribution in [0.2, 0.25) is 0 Å². The molecule has 88 valence electrons. The van der Waals surface area contributed by atoms with Gasteiger partial charge in [0.25, 0.3) is 0 Å². The molecule has 0 aliphatic rings. The highest BCUT2D eigenvalue weighted by Gasteiger charge is 1.85. The molecule has 0 N–H and O–H groups in total. The highest BCUT2D eigenvalue weighted by molar-refractivity contribution is 5.49. The minimum atomic E-state index is 0. The lowest BCUT2D eigenvalue weighted by Gasteiger charge is -1.93. The fraction of sp³-hybridized carbons (Fsp3) is 0.176. The summed E-state index contributed by atoms with van der Waals surface area (Å²) < 4.78 is 0. The van der Waals surface area contributed by atoms with Gasteiger partial charge in [0.05, 0.1) is 0 Å². The highest BCUT2D eigenvalue weighted by Crippen LogP contribution is 1.98. The van der Waals surface area contributed by atoms with Crippen LogP contribution in [0, 0.1) is 0 Å². The van der Waals surface area contributed by atoms with E-state index in [4.69, 9.17) is 0 Å². The Labute approximate surface area is 104 Å². The lowest BCUT2D eigenvalue weighted by molar-refractivity contribution is 1.46. The van der Waals surface area contributed by atoms with Crippen LogP contribution in [-0.4, -0.2) is 0 Å². The molecule has 0 aromatic heterocycles. The van der Waals surface area contributed by atoms with E-state index in [1.54, 1.807) is 0 Å². The molecule has 17 heavy (non-hydrogen) atoms. The zero-order valence-electron chi connectivity index (χ0n) is 9.77. The first-order valence-electron chi connectivity index (χ1n) is 5.56. The van der Waals surface area contributed by atoms with Crippen LogP contribution < -0.4 is 10.4 Å². The van der Waals surface area contributed by atoms with Crippen molar-refractivity contribution in [3.05, 3.63) is 70.6 Å². The van der Waals surface area contributed by atoms with Gasteiger partial charge in [-0.3, -0.25) is 0 Å². The van der Waals surface area contributed by atoms with Crippen LogP contribution in [0.15, 0.2) is 54.6 Å². The maximum Gasteiger partial charge on any atom is -0.0250 e. The first kappa shape index (κ1) is 13.2. The SMILES string of the molecule is C.CC(C)=c1ccc(=Cc2ccccc2)cc1. The first-order chi connectivity index (χ1) is 7.75. The van der Waals surface area contributed by atoms with Crippen LogP contribution in [-0.2, 0) is 0 Å². The highest BCUT2D eigenvalue weighted by atomic mass is 13.9. The van der Waals surface area contributed by atoms with Gasteiger partial charge in [-0.15, -0.1) is 0 Å². The second kappa shape index (κ2) is 6.05. The van der Waals surface area contributed by atoms with Gasteiger partial charge in [0, 0.05) is 0 Å². The predicted molar refractivity (Wildman–Crippen MR) is 77.2 cm³/mol. The Hall–Kier alpha value is -1.82. The van der Waals surface area contributed by atoms with Crippen LogP contribution in [0.5, 0.6) is 0 Å². The van der Waals surface area contributed by atoms with E-state index in [0.29, 0.717) is 0 Å². The van der Waals surface area contributed by atoms with Crippen LogP contribution >= 0.6 is 0 Å². The lowest BCUT2D eigenvalue weighted by atomic mass is 10.1. The molecular weight excluding hydrogens is 204 g/mol. The molecular formula is C17H20. The van der Waals surface area contributed by atoms with E-state index in [0.717, 1.165) is 0 Å². The van der Waals surface area contributed by atoms with E-state index in [9.17, 15) is 0 Å². The fourth-order valence-electron chi connectivity index (χ4n) is 1.65. The van der Waals surface area contributed by atoms with E-state index >= 15 is 0 Å². The fourth-order valence-corrected chi connectivity index (χ4v) is 1.65. The van der Waals surface area contributed by atoms with E-state index in [2.05, 4.69) is 68.5 Å². The average Bonchev–Trinajstić information content (AvgIpc) is 2.31. The predicted octanol–water partition coefficient (Wildman–Crippen LogP) is 3.34. The molecule has 0 saturated carbocycles. The maximum atomic E-state index is 2.19. The van der Waals surface area contributed by atoms with E-state index in [-0.39, 0.29) is 7.43 Å². The van der Waals surface area contributed by atoms with Crippen LogP contribution in [0.3, 0.4) is 0 Å². The quantitative estimate of drug-likeness (QED) is 0.697. The van der Waals surface area contributed by atoms with Gasteiger partial charge >= 0.3 is 0 Å². The third kappa shape index (κ3) is 3.60. The summed E-state index contributed by atoms with van der Waals surface area (Å²) >= 11 is 0. The Kier molecular flexibility index (Phi) is 4.71. The Morgan fingerprint density at radius 3 is 1.94 bits per heavy atom. The Balaban J connectivity index is 0.00000144. The molecule has 0 unspecified atom stereocenters. The van der Waals surface area contributed by atoms with Gasteiger partial charge < -0.3 is 0 Å². The van der Waals surface area contributed by atoms with Crippen LogP contribution in [0.4, 0.5) is 0 Å². The molecule has 2 aromatic carbocycles. The summed E-state index contributed by atoms with van der Waals surface area (Å²) in [5.41, 5.74) is 2.60. The van der Waals surface area contributed by atoms with Crippen molar-refractivity contribution in [3.8, 4) is 0 Å². The minimum absolute atomic E-state index is 0. The number of hydrogen-bond acceptors (Lipinski definition) is 0. The molecule has 0 nitrogen and oxygen atoms in total. The largest absolute Gasteiger partial charge is 0.0776 e. The number of hydrogen-bond donors (Lipinski definition) is 0. The van der Waals surface area contributed by atoms with Crippen molar-refractivity contribution in [2.24, 2.45) is 0 Å². The summed E-state index contributed by atoms with van der Waals surface area (Å²) in [5, 5.41) is 2.56. The first-order valence-corrected chi connectivity index (χ1v) is 5.56. The Bertz CT molecular complexity index is 550. The molecule has 0 atom stereocenters. The van der Waals surface area contributed by atoms with E-state index in [1.807, 2.05) is 6.07 Å². The molecule has 0 radical (unpaired) electrons. The zero-order chi connectivity index (χ0) is 11.4. The molecule has 2 rings (SSSR count). The molecule has 0 amide bonds. The molecule has 0 heteroatoms. The minimum Gasteiger partial charge on any atom is -0.0776 e. The topological polar surface area (TPSA) is 0 Å². The molecule has 0 spiro atoms. The number of benzene rings is 2. The molecule has 0 aliphatic heterocycles. The molecule has 2 aromatic rings. The monoisotopic (exact) mass is 224 g/mol. The number of rotatable bonds is 1. The van der Waals surface area contributed by atoms with E-state index < -0.39 is 0 Å². The second-order valence-electron chi connectivity index (χ2n) is 4.18.